The van der Waals surface area contributed by atoms with Crippen molar-refractivity contribution < 1.29 is 9.59 Å². The molecule has 0 unspecified atom stereocenters. The third-order valence-corrected chi connectivity index (χ3v) is 5.55. The number of hydrogen-bond acceptors (Lipinski definition) is 5. The molecule has 2 amide bonds. The average molecular weight is 375 g/mol. The highest BCUT2D eigenvalue weighted by atomic mass is 16.2. The standard InChI is InChI=1S/C19H29N5O3/c20-15-11-17(25)23-16(22-15)9-10-21-19(27)13-7-8-18(26)24(12-13)14-5-3-1-2-4-6-14/h11,13-14H,1-10,12H2,(H,21,27)(H3,20,22,23,25)/t13-/m1/s1. The second-order valence-corrected chi connectivity index (χ2v) is 7.59. The van der Waals surface area contributed by atoms with E-state index in [0.717, 1.165) is 25.7 Å². The Labute approximate surface area is 158 Å². The van der Waals surface area contributed by atoms with Crippen molar-refractivity contribution in [1.82, 2.24) is 20.2 Å². The van der Waals surface area contributed by atoms with Crippen LogP contribution in [0.5, 0.6) is 0 Å². The number of nitrogens with two attached hydrogens (primary N) is 1. The summed E-state index contributed by atoms with van der Waals surface area (Å²) >= 11 is 0. The van der Waals surface area contributed by atoms with Crippen LogP contribution in [0.15, 0.2) is 10.9 Å². The zero-order chi connectivity index (χ0) is 19.2. The molecule has 27 heavy (non-hydrogen) atoms. The number of amides is 2. The number of nitrogens with one attached hydrogen (secondary N) is 2. The monoisotopic (exact) mass is 375 g/mol. The van der Waals surface area contributed by atoms with E-state index in [1.165, 1.54) is 18.9 Å². The predicted molar refractivity (Wildman–Crippen MR) is 102 cm³/mol. The van der Waals surface area contributed by atoms with E-state index in [0.29, 0.717) is 38.2 Å². The molecule has 1 aliphatic heterocycles. The number of piperidine rings is 1. The number of hydrogen-bond donors (Lipinski definition) is 3. The maximum atomic E-state index is 12.6. The SMILES string of the molecule is Nc1cc(=O)[nH]c(CCNC(=O)[C@@H]2CCC(=O)N(C3CCCCCC3)C2)n1. The fourth-order valence-electron chi connectivity index (χ4n) is 4.10. The summed E-state index contributed by atoms with van der Waals surface area (Å²) in [7, 11) is 0. The van der Waals surface area contributed by atoms with Crippen LogP contribution in [-0.4, -0.2) is 45.8 Å². The first-order valence-corrected chi connectivity index (χ1v) is 9.96. The maximum Gasteiger partial charge on any atom is 0.252 e. The highest BCUT2D eigenvalue weighted by Gasteiger charge is 2.34. The Morgan fingerprint density at radius 2 is 1.96 bits per heavy atom. The van der Waals surface area contributed by atoms with Crippen LogP contribution in [0.25, 0.3) is 0 Å². The van der Waals surface area contributed by atoms with Crippen LogP contribution >= 0.6 is 0 Å². The highest BCUT2D eigenvalue weighted by molar-refractivity contribution is 5.84. The van der Waals surface area contributed by atoms with Crippen molar-refractivity contribution in [3.05, 3.63) is 22.2 Å². The fourth-order valence-corrected chi connectivity index (χ4v) is 4.10. The molecule has 4 N–H and O–H groups in total. The van der Waals surface area contributed by atoms with Gasteiger partial charge >= 0.3 is 0 Å². The number of aromatic amines is 1. The summed E-state index contributed by atoms with van der Waals surface area (Å²) < 4.78 is 0. The van der Waals surface area contributed by atoms with Gasteiger partial charge in [0.05, 0.1) is 5.92 Å². The molecule has 2 fully saturated rings. The molecule has 148 valence electrons. The Hall–Kier alpha value is -2.38. The van der Waals surface area contributed by atoms with Gasteiger partial charge in [-0.1, -0.05) is 25.7 Å². The predicted octanol–water partition coefficient (Wildman–Crippen LogP) is 0.972. The van der Waals surface area contributed by atoms with Gasteiger partial charge in [-0.2, -0.15) is 0 Å². The highest BCUT2D eigenvalue weighted by Crippen LogP contribution is 2.27. The Morgan fingerprint density at radius 3 is 2.67 bits per heavy atom. The quantitative estimate of drug-likeness (QED) is 0.662. The number of nitrogen functional groups attached to an aromatic ring is 1. The van der Waals surface area contributed by atoms with Crippen molar-refractivity contribution in [3.63, 3.8) is 0 Å². The summed E-state index contributed by atoms with van der Waals surface area (Å²) in [6.45, 7) is 0.891. The van der Waals surface area contributed by atoms with Crippen molar-refractivity contribution >= 4 is 17.6 Å². The summed E-state index contributed by atoms with van der Waals surface area (Å²) in [4.78, 5) is 45.0. The lowest BCUT2D eigenvalue weighted by Crippen LogP contribution is -2.50. The van der Waals surface area contributed by atoms with E-state index in [1.807, 2.05) is 4.90 Å². The van der Waals surface area contributed by atoms with Crippen molar-refractivity contribution in [1.29, 1.82) is 0 Å². The molecule has 0 bridgehead atoms. The summed E-state index contributed by atoms with van der Waals surface area (Å²) in [5.74, 6) is 0.614. The van der Waals surface area contributed by atoms with E-state index in [9.17, 15) is 14.4 Å². The topological polar surface area (TPSA) is 121 Å². The molecule has 1 aliphatic carbocycles. The zero-order valence-corrected chi connectivity index (χ0v) is 15.7. The molecular weight excluding hydrogens is 346 g/mol. The number of aromatic nitrogens is 2. The molecule has 0 radical (unpaired) electrons. The molecule has 0 aromatic carbocycles. The van der Waals surface area contributed by atoms with Gasteiger partial charge in [0.25, 0.3) is 5.56 Å². The number of H-pyrrole nitrogens is 1. The van der Waals surface area contributed by atoms with Crippen LogP contribution in [-0.2, 0) is 16.0 Å². The van der Waals surface area contributed by atoms with Gasteiger partial charge in [0.1, 0.15) is 11.6 Å². The van der Waals surface area contributed by atoms with Crippen LogP contribution in [0, 0.1) is 5.92 Å². The van der Waals surface area contributed by atoms with Gasteiger partial charge < -0.3 is 20.9 Å². The minimum Gasteiger partial charge on any atom is -0.383 e. The Kier molecular flexibility index (Phi) is 6.47. The number of likely N-dealkylation sites (tertiary alicyclic amines) is 1. The van der Waals surface area contributed by atoms with E-state index in [1.54, 1.807) is 0 Å². The normalized spacial score (nSPS) is 21.7. The van der Waals surface area contributed by atoms with Gasteiger partial charge in [-0.05, 0) is 19.3 Å². The zero-order valence-electron chi connectivity index (χ0n) is 15.7. The molecule has 1 aromatic heterocycles. The van der Waals surface area contributed by atoms with Crippen LogP contribution in [0.2, 0.25) is 0 Å². The molecule has 2 aliphatic rings. The molecule has 1 aromatic rings. The number of rotatable bonds is 5. The third kappa shape index (κ3) is 5.30. The van der Waals surface area contributed by atoms with Crippen LogP contribution in [0.1, 0.15) is 57.2 Å². The Balaban J connectivity index is 1.51. The number of anilines is 1. The van der Waals surface area contributed by atoms with Crippen LogP contribution in [0.4, 0.5) is 5.82 Å². The maximum absolute atomic E-state index is 12.6. The van der Waals surface area contributed by atoms with Gasteiger partial charge in [0.15, 0.2) is 0 Å². The van der Waals surface area contributed by atoms with Gasteiger partial charge in [-0.25, -0.2) is 4.98 Å². The van der Waals surface area contributed by atoms with E-state index < -0.39 is 0 Å². The fraction of sp³-hybridized carbons (Fsp3) is 0.684. The number of nitrogens with zero attached hydrogens (tertiary/aromatic N) is 2. The second-order valence-electron chi connectivity index (χ2n) is 7.59. The Bertz CT molecular complexity index is 724. The molecule has 3 rings (SSSR count). The molecule has 1 saturated heterocycles. The van der Waals surface area contributed by atoms with E-state index in [2.05, 4.69) is 15.3 Å². The van der Waals surface area contributed by atoms with E-state index >= 15 is 0 Å². The smallest absolute Gasteiger partial charge is 0.252 e. The molecule has 8 heteroatoms. The minimum absolute atomic E-state index is 0.0348. The number of carbonyl (C=O) groups excluding carboxylic acids is 2. The van der Waals surface area contributed by atoms with E-state index in [-0.39, 0.29) is 35.2 Å². The van der Waals surface area contributed by atoms with Crippen LogP contribution < -0.4 is 16.6 Å². The molecule has 8 nitrogen and oxygen atoms in total. The summed E-state index contributed by atoms with van der Waals surface area (Å²) in [5, 5.41) is 2.91. The van der Waals surface area contributed by atoms with Gasteiger partial charge in [0.2, 0.25) is 11.8 Å². The Morgan fingerprint density at radius 1 is 1.22 bits per heavy atom. The lowest BCUT2D eigenvalue weighted by molar-refractivity contribution is -0.141. The van der Waals surface area contributed by atoms with Gasteiger partial charge in [0, 0.05) is 38.0 Å². The third-order valence-electron chi connectivity index (χ3n) is 5.55. The first-order chi connectivity index (χ1) is 13.0. The summed E-state index contributed by atoms with van der Waals surface area (Å²) in [6, 6.07) is 1.51. The first-order valence-electron chi connectivity index (χ1n) is 9.96. The molecule has 1 atom stereocenters. The molecule has 2 heterocycles. The van der Waals surface area contributed by atoms with Crippen LogP contribution in [0.3, 0.4) is 0 Å². The summed E-state index contributed by atoms with van der Waals surface area (Å²) in [6.07, 6.45) is 8.35. The van der Waals surface area contributed by atoms with Crippen molar-refractivity contribution in [3.8, 4) is 0 Å². The lowest BCUT2D eigenvalue weighted by Gasteiger charge is -2.37. The van der Waals surface area contributed by atoms with Crippen molar-refractivity contribution in [2.45, 2.75) is 63.8 Å². The van der Waals surface area contributed by atoms with Gasteiger partial charge in [-0.3, -0.25) is 14.4 Å². The van der Waals surface area contributed by atoms with Crippen molar-refractivity contribution in [2.75, 3.05) is 18.8 Å². The molecule has 0 spiro atoms. The molecular formula is C19H29N5O3. The largest absolute Gasteiger partial charge is 0.383 e. The van der Waals surface area contributed by atoms with Gasteiger partial charge in [-0.15, -0.1) is 0 Å². The minimum atomic E-state index is -0.298. The number of carbonyl (C=O) groups is 2. The second kappa shape index (κ2) is 9.01. The first kappa shape index (κ1) is 19.4. The lowest BCUT2D eigenvalue weighted by atomic mass is 9.93. The van der Waals surface area contributed by atoms with Crippen molar-refractivity contribution in [2.24, 2.45) is 5.92 Å². The average Bonchev–Trinajstić information content (AvgIpc) is 2.90. The molecule has 1 saturated carbocycles. The summed E-state index contributed by atoms with van der Waals surface area (Å²) in [5.41, 5.74) is 5.26. The van der Waals surface area contributed by atoms with E-state index in [4.69, 9.17) is 5.73 Å².